The number of aliphatic hydroxyl groups is 1. The Bertz CT molecular complexity index is 1060. The molecule has 200 valence electrons. The highest BCUT2D eigenvalue weighted by Crippen LogP contribution is 2.39. The van der Waals surface area contributed by atoms with E-state index in [1.54, 1.807) is 29.2 Å². The molecule has 1 aliphatic rings. The lowest BCUT2D eigenvalue weighted by atomic mass is 9.95. The lowest BCUT2D eigenvalue weighted by Gasteiger charge is -2.26. The molecule has 0 bridgehead atoms. The van der Waals surface area contributed by atoms with Gasteiger partial charge >= 0.3 is 0 Å². The molecule has 0 spiro atoms. The van der Waals surface area contributed by atoms with Crippen molar-refractivity contribution in [2.24, 2.45) is 0 Å². The van der Waals surface area contributed by atoms with Crippen molar-refractivity contribution >= 4 is 17.4 Å². The van der Waals surface area contributed by atoms with Crippen LogP contribution in [0.5, 0.6) is 11.5 Å². The Morgan fingerprint density at radius 2 is 1.43 bits per heavy atom. The van der Waals surface area contributed by atoms with Crippen LogP contribution < -0.4 is 9.47 Å². The maximum atomic E-state index is 13.2. The first-order valence-electron chi connectivity index (χ1n) is 13.3. The molecule has 3 rings (SSSR count). The van der Waals surface area contributed by atoms with Gasteiger partial charge in [-0.25, -0.2) is 0 Å². The van der Waals surface area contributed by atoms with Crippen LogP contribution in [-0.4, -0.2) is 67.0 Å². The molecule has 1 heterocycles. The summed E-state index contributed by atoms with van der Waals surface area (Å²) in [6, 6.07) is 13.7. The van der Waals surface area contributed by atoms with E-state index in [1.165, 1.54) is 0 Å². The van der Waals surface area contributed by atoms with E-state index in [0.717, 1.165) is 43.4 Å². The lowest BCUT2D eigenvalue weighted by Crippen LogP contribution is -2.35. The second-order valence-electron chi connectivity index (χ2n) is 9.65. The Kier molecular flexibility index (Phi) is 10.6. The van der Waals surface area contributed by atoms with Crippen molar-refractivity contribution in [2.45, 2.75) is 52.0 Å². The number of nitrogens with zero attached hydrogens (tertiary/aromatic N) is 2. The molecule has 7 nitrogen and oxygen atoms in total. The van der Waals surface area contributed by atoms with E-state index in [9.17, 15) is 14.7 Å². The lowest BCUT2D eigenvalue weighted by molar-refractivity contribution is -0.140. The SMILES string of the molecule is CCCCCOc1ccc(C2/C(=C(\O)c3ccc(OCCCC)cc3)C(=O)C(=O)N2CCN(C)C)cc1. The summed E-state index contributed by atoms with van der Waals surface area (Å²) in [6.45, 7) is 6.47. The molecule has 1 amide bonds. The molecule has 1 atom stereocenters. The van der Waals surface area contributed by atoms with Crippen LogP contribution in [0.4, 0.5) is 0 Å². The molecule has 1 aliphatic heterocycles. The Morgan fingerprint density at radius 3 is 2.00 bits per heavy atom. The van der Waals surface area contributed by atoms with Crippen LogP contribution in [0.2, 0.25) is 0 Å². The van der Waals surface area contributed by atoms with E-state index in [0.29, 0.717) is 37.6 Å². The minimum atomic E-state index is -0.686. The van der Waals surface area contributed by atoms with Crippen molar-refractivity contribution in [3.63, 3.8) is 0 Å². The number of ketones is 1. The third-order valence-electron chi connectivity index (χ3n) is 6.43. The van der Waals surface area contributed by atoms with Gasteiger partial charge in [0.2, 0.25) is 0 Å². The van der Waals surface area contributed by atoms with E-state index in [-0.39, 0.29) is 11.3 Å². The molecular formula is C30H40N2O5. The number of carbonyl (C=O) groups is 2. The molecule has 1 fully saturated rings. The highest BCUT2D eigenvalue weighted by Gasteiger charge is 2.45. The van der Waals surface area contributed by atoms with Gasteiger partial charge in [-0.15, -0.1) is 0 Å². The summed E-state index contributed by atoms with van der Waals surface area (Å²) in [4.78, 5) is 29.8. The zero-order valence-corrected chi connectivity index (χ0v) is 22.5. The normalized spacial score (nSPS) is 17.0. The number of hydrogen-bond donors (Lipinski definition) is 1. The first-order valence-corrected chi connectivity index (χ1v) is 13.3. The second kappa shape index (κ2) is 13.8. The van der Waals surface area contributed by atoms with Crippen LogP contribution >= 0.6 is 0 Å². The van der Waals surface area contributed by atoms with E-state index < -0.39 is 17.7 Å². The third kappa shape index (κ3) is 7.35. The van der Waals surface area contributed by atoms with Gasteiger partial charge in [0.05, 0.1) is 24.8 Å². The number of carbonyl (C=O) groups excluding carboxylic acids is 2. The van der Waals surface area contributed by atoms with Gasteiger partial charge in [-0.3, -0.25) is 9.59 Å². The first-order chi connectivity index (χ1) is 17.9. The molecule has 37 heavy (non-hydrogen) atoms. The smallest absolute Gasteiger partial charge is 0.295 e. The molecule has 1 unspecified atom stereocenters. The predicted molar refractivity (Wildman–Crippen MR) is 146 cm³/mol. The molecule has 2 aromatic rings. The van der Waals surface area contributed by atoms with Gasteiger partial charge in [0.15, 0.2) is 0 Å². The third-order valence-corrected chi connectivity index (χ3v) is 6.43. The van der Waals surface area contributed by atoms with Crippen molar-refractivity contribution in [3.8, 4) is 11.5 Å². The molecule has 1 N–H and O–H groups in total. The zero-order valence-electron chi connectivity index (χ0n) is 22.5. The molecule has 7 heteroatoms. The number of rotatable bonds is 14. The van der Waals surface area contributed by atoms with E-state index in [2.05, 4.69) is 13.8 Å². The van der Waals surface area contributed by atoms with Crippen LogP contribution in [0.15, 0.2) is 54.1 Å². The maximum absolute atomic E-state index is 13.2. The number of amides is 1. The Labute approximate surface area is 220 Å². The van der Waals surface area contributed by atoms with Crippen LogP contribution in [0.25, 0.3) is 5.76 Å². The van der Waals surface area contributed by atoms with Crippen molar-refractivity contribution < 1.29 is 24.2 Å². The average molecular weight is 509 g/mol. The van der Waals surface area contributed by atoms with Crippen LogP contribution in [0.1, 0.15) is 63.1 Å². The van der Waals surface area contributed by atoms with Gasteiger partial charge in [0.1, 0.15) is 17.3 Å². The number of Topliss-reactive ketones (excluding diaryl/α,β-unsaturated/α-hetero) is 1. The average Bonchev–Trinajstić information content (AvgIpc) is 3.15. The van der Waals surface area contributed by atoms with Gasteiger partial charge in [0.25, 0.3) is 11.7 Å². The van der Waals surface area contributed by atoms with Gasteiger partial charge in [-0.2, -0.15) is 0 Å². The summed E-state index contributed by atoms with van der Waals surface area (Å²) in [7, 11) is 3.83. The largest absolute Gasteiger partial charge is 0.507 e. The van der Waals surface area contributed by atoms with E-state index in [4.69, 9.17) is 9.47 Å². The summed E-state index contributed by atoms with van der Waals surface area (Å²) in [6.07, 6.45) is 5.23. The van der Waals surface area contributed by atoms with Crippen molar-refractivity contribution in [3.05, 3.63) is 65.2 Å². The molecular weight excluding hydrogens is 468 g/mol. The molecule has 2 aromatic carbocycles. The summed E-state index contributed by atoms with van der Waals surface area (Å²) in [5.74, 6) is -0.0285. The van der Waals surface area contributed by atoms with E-state index in [1.807, 2.05) is 43.3 Å². The van der Waals surface area contributed by atoms with Gasteiger partial charge < -0.3 is 24.4 Å². The summed E-state index contributed by atoms with van der Waals surface area (Å²) < 4.78 is 11.6. The van der Waals surface area contributed by atoms with Crippen LogP contribution in [0.3, 0.4) is 0 Å². The molecule has 0 radical (unpaired) electrons. The monoisotopic (exact) mass is 508 g/mol. The second-order valence-corrected chi connectivity index (χ2v) is 9.65. The predicted octanol–water partition coefficient (Wildman–Crippen LogP) is 5.42. The summed E-state index contributed by atoms with van der Waals surface area (Å²) in [5.41, 5.74) is 1.31. The Hall–Kier alpha value is -3.32. The first kappa shape index (κ1) is 28.3. The van der Waals surface area contributed by atoms with Crippen molar-refractivity contribution in [1.29, 1.82) is 0 Å². The number of aliphatic hydroxyl groups excluding tert-OH is 1. The van der Waals surface area contributed by atoms with Gasteiger partial charge in [-0.05, 0) is 68.9 Å². The van der Waals surface area contributed by atoms with Gasteiger partial charge in [0, 0.05) is 18.7 Å². The topological polar surface area (TPSA) is 79.3 Å². The maximum Gasteiger partial charge on any atom is 0.295 e. The minimum absolute atomic E-state index is 0.0972. The fourth-order valence-electron chi connectivity index (χ4n) is 4.25. The molecule has 0 aliphatic carbocycles. The molecule has 0 saturated carbocycles. The van der Waals surface area contributed by atoms with Gasteiger partial charge in [-0.1, -0.05) is 45.2 Å². The minimum Gasteiger partial charge on any atom is -0.507 e. The van der Waals surface area contributed by atoms with Crippen molar-refractivity contribution in [1.82, 2.24) is 9.80 Å². The van der Waals surface area contributed by atoms with Crippen LogP contribution in [0, 0.1) is 0 Å². The number of hydrogen-bond acceptors (Lipinski definition) is 6. The summed E-state index contributed by atoms with van der Waals surface area (Å²) in [5, 5.41) is 11.3. The highest BCUT2D eigenvalue weighted by atomic mass is 16.5. The fraction of sp³-hybridized carbons (Fsp3) is 0.467. The highest BCUT2D eigenvalue weighted by molar-refractivity contribution is 6.46. The summed E-state index contributed by atoms with van der Waals surface area (Å²) >= 11 is 0. The van der Waals surface area contributed by atoms with E-state index >= 15 is 0 Å². The van der Waals surface area contributed by atoms with Crippen molar-refractivity contribution in [2.75, 3.05) is 40.4 Å². The number of benzene rings is 2. The Balaban J connectivity index is 1.92. The fourth-order valence-corrected chi connectivity index (χ4v) is 4.25. The quantitative estimate of drug-likeness (QED) is 0.159. The molecule has 1 saturated heterocycles. The number of unbranched alkanes of at least 4 members (excludes halogenated alkanes) is 3. The van der Waals surface area contributed by atoms with Crippen LogP contribution in [-0.2, 0) is 9.59 Å². The molecule has 0 aromatic heterocycles. The standard InChI is InChI=1S/C30H40N2O5/c1-5-7-9-21-37-24-14-10-22(11-15-24)27-26(29(34)30(35)32(27)19-18-31(3)4)28(33)23-12-16-25(17-13-23)36-20-8-6-2/h10-17,27,33H,5-9,18-21H2,1-4H3/b28-26+. The number of ether oxygens (including phenoxy) is 2. The Morgan fingerprint density at radius 1 is 0.865 bits per heavy atom. The number of likely N-dealkylation sites (N-methyl/N-ethyl adjacent to an activating group) is 1. The zero-order chi connectivity index (χ0) is 26.8. The number of likely N-dealkylation sites (tertiary alicyclic amines) is 1.